The van der Waals surface area contributed by atoms with E-state index >= 15 is 0 Å². The number of carbonyl (C=O) groups excluding carboxylic acids is 1. The molecular weight excluding hydrogens is 294 g/mol. The van der Waals surface area contributed by atoms with E-state index in [1.807, 2.05) is 31.3 Å². The molecule has 1 saturated heterocycles. The number of piperidine rings is 1. The molecule has 0 saturated carbocycles. The van der Waals surface area contributed by atoms with Crippen LogP contribution in [-0.2, 0) is 11.3 Å². The molecule has 1 heterocycles. The van der Waals surface area contributed by atoms with Gasteiger partial charge in [-0.15, -0.1) is 0 Å². The number of benzene rings is 1. The van der Waals surface area contributed by atoms with Crippen molar-refractivity contribution < 1.29 is 14.6 Å². The molecule has 0 radical (unpaired) electrons. The summed E-state index contributed by atoms with van der Waals surface area (Å²) in [7, 11) is 3.50. The lowest BCUT2D eigenvalue weighted by Crippen LogP contribution is -2.58. The molecule has 0 aliphatic carbocycles. The zero-order chi connectivity index (χ0) is 16.7. The average Bonchev–Trinajstić information content (AvgIpc) is 2.56. The smallest absolute Gasteiger partial charge is 0.256 e. The predicted octanol–water partition coefficient (Wildman–Crippen LogP) is 0.358. The lowest BCUT2D eigenvalue weighted by atomic mass is 9.91. The molecule has 128 valence electrons. The van der Waals surface area contributed by atoms with E-state index in [1.165, 1.54) is 0 Å². The number of methoxy groups -OCH3 is 1. The van der Waals surface area contributed by atoms with Gasteiger partial charge in [0, 0.05) is 32.7 Å². The Balaban J connectivity index is 1.98. The highest BCUT2D eigenvalue weighted by atomic mass is 16.5. The van der Waals surface area contributed by atoms with Crippen molar-refractivity contribution in [1.29, 1.82) is 0 Å². The first-order valence-electron chi connectivity index (χ1n) is 8.09. The SMILES string of the molecule is CNCCNC[C@]1(O)CCCN(Cc2cccc(OC)c2)C1=O. The second-order valence-corrected chi connectivity index (χ2v) is 5.99. The summed E-state index contributed by atoms with van der Waals surface area (Å²) in [6.07, 6.45) is 1.31. The van der Waals surface area contributed by atoms with Gasteiger partial charge >= 0.3 is 0 Å². The van der Waals surface area contributed by atoms with Crippen LogP contribution in [-0.4, -0.2) is 61.9 Å². The molecule has 1 atom stereocenters. The number of nitrogens with zero attached hydrogens (tertiary/aromatic N) is 1. The summed E-state index contributed by atoms with van der Waals surface area (Å²) < 4.78 is 5.22. The quantitative estimate of drug-likeness (QED) is 0.603. The average molecular weight is 321 g/mol. The number of likely N-dealkylation sites (N-methyl/N-ethyl adjacent to an activating group) is 1. The van der Waals surface area contributed by atoms with Crippen molar-refractivity contribution >= 4 is 5.91 Å². The molecule has 3 N–H and O–H groups in total. The van der Waals surface area contributed by atoms with Crippen LogP contribution >= 0.6 is 0 Å². The van der Waals surface area contributed by atoms with Gasteiger partial charge in [0.1, 0.15) is 5.75 Å². The Labute approximate surface area is 137 Å². The van der Waals surface area contributed by atoms with Crippen molar-refractivity contribution in [3.05, 3.63) is 29.8 Å². The van der Waals surface area contributed by atoms with Crippen LogP contribution in [0.4, 0.5) is 0 Å². The van der Waals surface area contributed by atoms with Gasteiger partial charge < -0.3 is 25.4 Å². The molecule has 1 aliphatic rings. The van der Waals surface area contributed by atoms with Crippen LogP contribution in [0, 0.1) is 0 Å². The minimum Gasteiger partial charge on any atom is -0.497 e. The first kappa shape index (κ1) is 17.7. The third-order valence-corrected chi connectivity index (χ3v) is 4.18. The maximum atomic E-state index is 12.7. The van der Waals surface area contributed by atoms with Gasteiger partial charge in [-0.05, 0) is 37.6 Å². The summed E-state index contributed by atoms with van der Waals surface area (Å²) in [5, 5.41) is 16.9. The summed E-state index contributed by atoms with van der Waals surface area (Å²) >= 11 is 0. The fraction of sp³-hybridized carbons (Fsp3) is 0.588. The van der Waals surface area contributed by atoms with Crippen LogP contribution in [0.1, 0.15) is 18.4 Å². The summed E-state index contributed by atoms with van der Waals surface area (Å²) in [4.78, 5) is 14.4. The van der Waals surface area contributed by atoms with E-state index in [4.69, 9.17) is 4.74 Å². The number of rotatable bonds is 8. The minimum absolute atomic E-state index is 0.191. The number of aliphatic hydroxyl groups is 1. The molecular formula is C17H27N3O3. The van der Waals surface area contributed by atoms with Gasteiger partial charge in [-0.2, -0.15) is 0 Å². The number of carbonyl (C=O) groups is 1. The van der Waals surface area contributed by atoms with Crippen molar-refractivity contribution in [2.75, 3.05) is 40.3 Å². The van der Waals surface area contributed by atoms with Crippen molar-refractivity contribution in [3.8, 4) is 5.75 Å². The molecule has 0 unspecified atom stereocenters. The van der Waals surface area contributed by atoms with Crippen molar-refractivity contribution in [2.24, 2.45) is 0 Å². The van der Waals surface area contributed by atoms with Crippen molar-refractivity contribution in [2.45, 2.75) is 25.0 Å². The third-order valence-electron chi connectivity index (χ3n) is 4.18. The van der Waals surface area contributed by atoms with E-state index in [-0.39, 0.29) is 5.91 Å². The zero-order valence-electron chi connectivity index (χ0n) is 14.0. The van der Waals surface area contributed by atoms with Crippen LogP contribution in [0.25, 0.3) is 0 Å². The van der Waals surface area contributed by atoms with E-state index < -0.39 is 5.60 Å². The number of ether oxygens (including phenoxy) is 1. The highest BCUT2D eigenvalue weighted by Gasteiger charge is 2.41. The van der Waals surface area contributed by atoms with Gasteiger partial charge in [-0.3, -0.25) is 4.79 Å². The minimum atomic E-state index is -1.30. The van der Waals surface area contributed by atoms with Crippen LogP contribution in [0.5, 0.6) is 5.75 Å². The van der Waals surface area contributed by atoms with E-state index in [2.05, 4.69) is 10.6 Å². The highest BCUT2D eigenvalue weighted by Crippen LogP contribution is 2.24. The molecule has 1 aromatic rings. The lowest BCUT2D eigenvalue weighted by Gasteiger charge is -2.38. The summed E-state index contributed by atoms with van der Waals surface area (Å²) in [5.41, 5.74) is -0.296. The maximum Gasteiger partial charge on any atom is 0.256 e. The predicted molar refractivity (Wildman–Crippen MR) is 89.4 cm³/mol. The molecule has 0 spiro atoms. The molecule has 0 aromatic heterocycles. The summed E-state index contributed by atoms with van der Waals surface area (Å²) in [6.45, 7) is 2.99. The Morgan fingerprint density at radius 1 is 1.39 bits per heavy atom. The van der Waals surface area contributed by atoms with Gasteiger partial charge in [0.2, 0.25) is 0 Å². The molecule has 6 nitrogen and oxygen atoms in total. The Morgan fingerprint density at radius 2 is 2.22 bits per heavy atom. The summed E-state index contributed by atoms with van der Waals surface area (Å²) in [6, 6.07) is 7.68. The number of amides is 1. The van der Waals surface area contributed by atoms with Crippen LogP contribution in [0.15, 0.2) is 24.3 Å². The van der Waals surface area contributed by atoms with Crippen molar-refractivity contribution in [3.63, 3.8) is 0 Å². The molecule has 1 aliphatic heterocycles. The standard InChI is InChI=1S/C17H27N3O3/c1-18-8-9-19-13-17(22)7-4-10-20(16(17)21)12-14-5-3-6-15(11-14)23-2/h3,5-6,11,18-19,22H,4,7-10,12-13H2,1-2H3/t17-/m1/s1. The molecule has 0 bridgehead atoms. The molecule has 1 aromatic carbocycles. The Kier molecular flexibility index (Phi) is 6.38. The van der Waals surface area contributed by atoms with Crippen molar-refractivity contribution in [1.82, 2.24) is 15.5 Å². The fourth-order valence-corrected chi connectivity index (χ4v) is 2.88. The number of likely N-dealkylation sites (tertiary alicyclic amines) is 1. The van der Waals surface area contributed by atoms with Gasteiger partial charge in [0.25, 0.3) is 5.91 Å². The maximum absolute atomic E-state index is 12.7. The Bertz CT molecular complexity index is 524. The van der Waals surface area contributed by atoms with Gasteiger partial charge in [-0.25, -0.2) is 0 Å². The van der Waals surface area contributed by atoms with Gasteiger partial charge in [0.05, 0.1) is 7.11 Å². The fourth-order valence-electron chi connectivity index (χ4n) is 2.88. The highest BCUT2D eigenvalue weighted by molar-refractivity contribution is 5.86. The van der Waals surface area contributed by atoms with E-state index in [0.717, 1.165) is 30.8 Å². The zero-order valence-corrected chi connectivity index (χ0v) is 14.0. The van der Waals surface area contributed by atoms with E-state index in [0.29, 0.717) is 26.1 Å². The number of hydrogen-bond acceptors (Lipinski definition) is 5. The third kappa shape index (κ3) is 4.67. The van der Waals surface area contributed by atoms with Gasteiger partial charge in [-0.1, -0.05) is 12.1 Å². The Morgan fingerprint density at radius 3 is 2.96 bits per heavy atom. The Hall–Kier alpha value is -1.63. The summed E-state index contributed by atoms with van der Waals surface area (Å²) in [5.74, 6) is 0.583. The second kappa shape index (κ2) is 8.29. The van der Waals surface area contributed by atoms with E-state index in [9.17, 15) is 9.90 Å². The first-order valence-corrected chi connectivity index (χ1v) is 8.09. The number of hydrogen-bond donors (Lipinski definition) is 3. The topological polar surface area (TPSA) is 73.8 Å². The largest absolute Gasteiger partial charge is 0.497 e. The second-order valence-electron chi connectivity index (χ2n) is 5.99. The first-order chi connectivity index (χ1) is 11.1. The number of nitrogens with one attached hydrogen (secondary N) is 2. The lowest BCUT2D eigenvalue weighted by molar-refractivity contribution is -0.157. The molecule has 6 heteroatoms. The normalized spacial score (nSPS) is 21.5. The van der Waals surface area contributed by atoms with Crippen LogP contribution in [0.2, 0.25) is 0 Å². The monoisotopic (exact) mass is 321 g/mol. The van der Waals surface area contributed by atoms with Crippen LogP contribution < -0.4 is 15.4 Å². The molecule has 1 amide bonds. The molecule has 23 heavy (non-hydrogen) atoms. The van der Waals surface area contributed by atoms with Gasteiger partial charge in [0.15, 0.2) is 5.60 Å². The molecule has 1 fully saturated rings. The van der Waals surface area contributed by atoms with E-state index in [1.54, 1.807) is 12.0 Å². The van der Waals surface area contributed by atoms with Crippen LogP contribution in [0.3, 0.4) is 0 Å². The molecule has 2 rings (SSSR count).